The number of halogens is 1. The van der Waals surface area contributed by atoms with E-state index in [1.54, 1.807) is 0 Å². The zero-order chi connectivity index (χ0) is 12.8. The third-order valence-electron chi connectivity index (χ3n) is 3.13. The van der Waals surface area contributed by atoms with Crippen LogP contribution in [-0.2, 0) is 19.4 Å². The minimum absolute atomic E-state index is 0. The van der Waals surface area contributed by atoms with Gasteiger partial charge in [-0.2, -0.15) is 0 Å². The molecule has 0 atom stereocenters. The summed E-state index contributed by atoms with van der Waals surface area (Å²) < 4.78 is 0. The zero-order valence-corrected chi connectivity index (χ0v) is 12.5. The van der Waals surface area contributed by atoms with E-state index in [1.807, 2.05) is 0 Å². The third-order valence-corrected chi connectivity index (χ3v) is 3.13. The fraction of sp³-hybridized carbons (Fsp3) is 0.294. The van der Waals surface area contributed by atoms with Crippen molar-refractivity contribution in [3.05, 3.63) is 71.3 Å². The molecule has 0 spiro atoms. The molecule has 19 heavy (non-hydrogen) atoms. The second kappa shape index (κ2) is 7.98. The second-order valence-corrected chi connectivity index (χ2v) is 4.99. The Bertz CT molecular complexity index is 480. The van der Waals surface area contributed by atoms with E-state index < -0.39 is 0 Å². The fourth-order valence-electron chi connectivity index (χ4n) is 2.22. The van der Waals surface area contributed by atoms with Gasteiger partial charge in [0.1, 0.15) is 0 Å². The number of benzene rings is 2. The summed E-state index contributed by atoms with van der Waals surface area (Å²) in [5.74, 6) is 0. The van der Waals surface area contributed by atoms with Crippen LogP contribution in [0, 0.1) is 0 Å². The van der Waals surface area contributed by atoms with Crippen LogP contribution in [0.25, 0.3) is 0 Å². The molecule has 0 aliphatic heterocycles. The van der Waals surface area contributed by atoms with Gasteiger partial charge in [0.15, 0.2) is 0 Å². The van der Waals surface area contributed by atoms with E-state index in [2.05, 4.69) is 73.6 Å². The first kappa shape index (κ1) is 15.7. The molecule has 0 bridgehead atoms. The van der Waals surface area contributed by atoms with E-state index in [9.17, 15) is 0 Å². The molecule has 0 aromatic heterocycles. The van der Waals surface area contributed by atoms with Crippen molar-refractivity contribution >= 4 is 12.4 Å². The van der Waals surface area contributed by atoms with Crippen LogP contribution in [0.2, 0.25) is 0 Å². The van der Waals surface area contributed by atoms with E-state index in [0.717, 1.165) is 19.4 Å². The van der Waals surface area contributed by atoms with Crippen molar-refractivity contribution in [2.45, 2.75) is 19.4 Å². The minimum atomic E-state index is 0. The summed E-state index contributed by atoms with van der Waals surface area (Å²) in [6, 6.07) is 19.5. The SMILES string of the molecule is CN(C)Cc1ccccc1CCc1ccccc1.Cl. The van der Waals surface area contributed by atoms with Crippen LogP contribution in [0.3, 0.4) is 0 Å². The summed E-state index contributed by atoms with van der Waals surface area (Å²) in [4.78, 5) is 2.22. The van der Waals surface area contributed by atoms with E-state index in [1.165, 1.54) is 16.7 Å². The molecule has 0 fully saturated rings. The molecule has 0 radical (unpaired) electrons. The average Bonchev–Trinajstić information content (AvgIpc) is 2.38. The molecular weight excluding hydrogens is 254 g/mol. The summed E-state index contributed by atoms with van der Waals surface area (Å²) in [5, 5.41) is 0. The van der Waals surface area contributed by atoms with Gasteiger partial charge in [-0.3, -0.25) is 0 Å². The number of hydrogen-bond acceptors (Lipinski definition) is 1. The Labute approximate surface area is 122 Å². The van der Waals surface area contributed by atoms with Crippen LogP contribution >= 0.6 is 12.4 Å². The van der Waals surface area contributed by atoms with E-state index >= 15 is 0 Å². The number of rotatable bonds is 5. The highest BCUT2D eigenvalue weighted by Crippen LogP contribution is 2.13. The molecule has 0 saturated heterocycles. The Morgan fingerprint density at radius 3 is 1.95 bits per heavy atom. The van der Waals surface area contributed by atoms with Gasteiger partial charge in [-0.15, -0.1) is 12.4 Å². The first-order valence-corrected chi connectivity index (χ1v) is 6.51. The molecule has 0 amide bonds. The standard InChI is InChI=1S/C17H21N.ClH/c1-18(2)14-17-11-7-6-10-16(17)13-12-15-8-4-3-5-9-15;/h3-11H,12-14H2,1-2H3;1H. The lowest BCUT2D eigenvalue weighted by molar-refractivity contribution is 0.401. The highest BCUT2D eigenvalue weighted by atomic mass is 35.5. The van der Waals surface area contributed by atoms with Gasteiger partial charge in [-0.25, -0.2) is 0 Å². The summed E-state index contributed by atoms with van der Waals surface area (Å²) in [6.45, 7) is 1.02. The lowest BCUT2D eigenvalue weighted by atomic mass is 9.99. The van der Waals surface area contributed by atoms with Gasteiger partial charge in [0, 0.05) is 6.54 Å². The Kier molecular flexibility index (Phi) is 6.61. The van der Waals surface area contributed by atoms with Crippen LogP contribution in [0.5, 0.6) is 0 Å². The van der Waals surface area contributed by atoms with Gasteiger partial charge in [0.05, 0.1) is 0 Å². The Balaban J connectivity index is 0.00000180. The number of hydrogen-bond donors (Lipinski definition) is 0. The van der Waals surface area contributed by atoms with E-state index in [-0.39, 0.29) is 12.4 Å². The first-order chi connectivity index (χ1) is 8.75. The van der Waals surface area contributed by atoms with Crippen LogP contribution in [-0.4, -0.2) is 19.0 Å². The maximum Gasteiger partial charge on any atom is 0.0230 e. The highest BCUT2D eigenvalue weighted by Gasteiger charge is 2.03. The molecule has 2 heteroatoms. The van der Waals surface area contributed by atoms with Crippen molar-refractivity contribution in [2.75, 3.05) is 14.1 Å². The molecule has 0 saturated carbocycles. The van der Waals surface area contributed by atoms with Gasteiger partial charge >= 0.3 is 0 Å². The summed E-state index contributed by atoms with van der Waals surface area (Å²) in [7, 11) is 4.24. The lowest BCUT2D eigenvalue weighted by Crippen LogP contribution is -2.12. The molecule has 0 aliphatic rings. The van der Waals surface area contributed by atoms with Crippen molar-refractivity contribution < 1.29 is 0 Å². The van der Waals surface area contributed by atoms with Crippen molar-refractivity contribution in [3.8, 4) is 0 Å². The minimum Gasteiger partial charge on any atom is -0.305 e. The van der Waals surface area contributed by atoms with Gasteiger partial charge in [-0.1, -0.05) is 54.6 Å². The molecule has 1 nitrogen and oxygen atoms in total. The molecular formula is C17H22ClN. The van der Waals surface area contributed by atoms with Crippen LogP contribution < -0.4 is 0 Å². The summed E-state index contributed by atoms with van der Waals surface area (Å²) >= 11 is 0. The zero-order valence-electron chi connectivity index (χ0n) is 11.7. The lowest BCUT2D eigenvalue weighted by Gasteiger charge is -2.14. The van der Waals surface area contributed by atoms with Crippen LogP contribution in [0.4, 0.5) is 0 Å². The van der Waals surface area contributed by atoms with E-state index in [4.69, 9.17) is 0 Å². The Morgan fingerprint density at radius 1 is 0.737 bits per heavy atom. The number of aryl methyl sites for hydroxylation is 2. The van der Waals surface area contributed by atoms with Gasteiger partial charge in [0.25, 0.3) is 0 Å². The normalized spacial score (nSPS) is 10.3. The quantitative estimate of drug-likeness (QED) is 0.798. The topological polar surface area (TPSA) is 3.24 Å². The molecule has 2 rings (SSSR count). The number of nitrogens with zero attached hydrogens (tertiary/aromatic N) is 1. The van der Waals surface area contributed by atoms with Crippen molar-refractivity contribution in [2.24, 2.45) is 0 Å². The first-order valence-electron chi connectivity index (χ1n) is 6.51. The maximum absolute atomic E-state index is 2.25. The average molecular weight is 276 g/mol. The molecule has 0 aliphatic carbocycles. The molecule has 102 valence electrons. The molecule has 0 unspecified atom stereocenters. The van der Waals surface area contributed by atoms with Crippen LogP contribution in [0.15, 0.2) is 54.6 Å². The van der Waals surface area contributed by atoms with Crippen molar-refractivity contribution in [3.63, 3.8) is 0 Å². The van der Waals surface area contributed by atoms with Crippen LogP contribution in [0.1, 0.15) is 16.7 Å². The smallest absolute Gasteiger partial charge is 0.0230 e. The summed E-state index contributed by atoms with van der Waals surface area (Å²) in [5.41, 5.74) is 4.32. The van der Waals surface area contributed by atoms with Crippen molar-refractivity contribution in [1.82, 2.24) is 4.90 Å². The molecule has 0 N–H and O–H groups in total. The predicted octanol–water partition coefficient (Wildman–Crippen LogP) is 3.96. The van der Waals surface area contributed by atoms with Gasteiger partial charge in [-0.05, 0) is 43.6 Å². The second-order valence-electron chi connectivity index (χ2n) is 4.99. The van der Waals surface area contributed by atoms with E-state index in [0.29, 0.717) is 0 Å². The monoisotopic (exact) mass is 275 g/mol. The Hall–Kier alpha value is -1.31. The fourth-order valence-corrected chi connectivity index (χ4v) is 2.22. The molecule has 2 aromatic rings. The third kappa shape index (κ3) is 5.06. The van der Waals surface area contributed by atoms with Crippen molar-refractivity contribution in [1.29, 1.82) is 0 Å². The molecule has 0 heterocycles. The maximum atomic E-state index is 2.25. The largest absolute Gasteiger partial charge is 0.305 e. The molecule has 2 aromatic carbocycles. The van der Waals surface area contributed by atoms with Gasteiger partial charge < -0.3 is 4.90 Å². The summed E-state index contributed by atoms with van der Waals surface area (Å²) in [6.07, 6.45) is 2.24. The highest BCUT2D eigenvalue weighted by molar-refractivity contribution is 5.85. The Morgan fingerprint density at radius 2 is 1.32 bits per heavy atom. The predicted molar refractivity (Wildman–Crippen MR) is 84.9 cm³/mol. The van der Waals surface area contributed by atoms with Gasteiger partial charge in [0.2, 0.25) is 0 Å².